The van der Waals surface area contributed by atoms with Crippen LogP contribution in [0.25, 0.3) is 0 Å². The zero-order valence-corrected chi connectivity index (χ0v) is 9.37. The summed E-state index contributed by atoms with van der Waals surface area (Å²) in [5.74, 6) is 2.43. The first-order chi connectivity index (χ1) is 6.54. The number of nitrogens with one attached hydrogen (secondary N) is 1. The number of aromatic nitrogens is 2. The molecule has 1 heterocycles. The van der Waals surface area contributed by atoms with E-state index in [1.54, 1.807) is 0 Å². The van der Waals surface area contributed by atoms with E-state index < -0.39 is 0 Å². The Morgan fingerprint density at radius 1 is 1.00 bits per heavy atom. The van der Waals surface area contributed by atoms with Gasteiger partial charge in [-0.05, 0) is 0 Å². The van der Waals surface area contributed by atoms with E-state index >= 15 is 0 Å². The highest BCUT2D eigenvalue weighted by molar-refractivity contribution is 5.53. The molecule has 0 radical (unpaired) electrons. The predicted molar refractivity (Wildman–Crippen MR) is 60.2 cm³/mol. The van der Waals surface area contributed by atoms with Crippen molar-refractivity contribution in [1.29, 1.82) is 0 Å². The van der Waals surface area contributed by atoms with Crippen LogP contribution in [0.3, 0.4) is 0 Å². The van der Waals surface area contributed by atoms with Gasteiger partial charge >= 0.3 is 0 Å². The quantitative estimate of drug-likeness (QED) is 0.767. The van der Waals surface area contributed by atoms with Gasteiger partial charge in [-0.2, -0.15) is 9.97 Å². The van der Waals surface area contributed by atoms with E-state index in [4.69, 9.17) is 0 Å². The van der Waals surface area contributed by atoms with Crippen molar-refractivity contribution in [3.63, 3.8) is 0 Å². The van der Waals surface area contributed by atoms with Gasteiger partial charge in [0.25, 0.3) is 0 Å². The zero-order chi connectivity index (χ0) is 10.7. The van der Waals surface area contributed by atoms with Gasteiger partial charge in [-0.15, -0.1) is 0 Å². The highest BCUT2D eigenvalue weighted by atomic mass is 15.2. The molecule has 1 aromatic heterocycles. The number of nitrogens with zero attached hydrogens (tertiary/aromatic N) is 4. The van der Waals surface area contributed by atoms with E-state index in [1.807, 2.05) is 51.1 Å². The summed E-state index contributed by atoms with van der Waals surface area (Å²) in [6, 6.07) is 1.95. The van der Waals surface area contributed by atoms with Crippen LogP contribution in [0.15, 0.2) is 6.07 Å². The normalized spacial score (nSPS) is 9.79. The number of hydrogen-bond donors (Lipinski definition) is 1. The molecule has 0 saturated heterocycles. The Labute approximate surface area is 84.8 Å². The molecule has 0 aliphatic carbocycles. The molecule has 1 aromatic rings. The summed E-state index contributed by atoms with van der Waals surface area (Å²) in [7, 11) is 9.65. The molecule has 0 fully saturated rings. The smallest absolute Gasteiger partial charge is 0.226 e. The fourth-order valence-electron chi connectivity index (χ4n) is 0.992. The van der Waals surface area contributed by atoms with Crippen LogP contribution in [-0.2, 0) is 0 Å². The van der Waals surface area contributed by atoms with Crippen molar-refractivity contribution in [2.45, 2.75) is 0 Å². The van der Waals surface area contributed by atoms with Crippen LogP contribution in [0.2, 0.25) is 0 Å². The second-order valence-electron chi connectivity index (χ2n) is 3.45. The molecule has 0 aliphatic heterocycles. The molecule has 0 aliphatic rings. The van der Waals surface area contributed by atoms with E-state index in [0.717, 1.165) is 11.6 Å². The molecule has 0 saturated carbocycles. The van der Waals surface area contributed by atoms with Gasteiger partial charge in [0.15, 0.2) is 0 Å². The molecule has 0 amide bonds. The highest BCUT2D eigenvalue weighted by Crippen LogP contribution is 2.17. The number of rotatable bonds is 3. The summed E-state index contributed by atoms with van der Waals surface area (Å²) in [6.45, 7) is 0. The lowest BCUT2D eigenvalue weighted by Crippen LogP contribution is -2.16. The van der Waals surface area contributed by atoms with Crippen molar-refractivity contribution in [2.75, 3.05) is 50.4 Å². The maximum Gasteiger partial charge on any atom is 0.226 e. The van der Waals surface area contributed by atoms with E-state index in [1.165, 1.54) is 0 Å². The Bertz CT molecular complexity index is 282. The summed E-state index contributed by atoms with van der Waals surface area (Å²) in [6.07, 6.45) is 0. The van der Waals surface area contributed by atoms with E-state index in [2.05, 4.69) is 15.3 Å². The molecule has 5 nitrogen and oxygen atoms in total. The average molecular weight is 195 g/mol. The van der Waals surface area contributed by atoms with Crippen LogP contribution in [0.4, 0.5) is 17.6 Å². The maximum absolute atomic E-state index is 4.31. The van der Waals surface area contributed by atoms with Gasteiger partial charge in [0.1, 0.15) is 11.6 Å². The topological polar surface area (TPSA) is 44.3 Å². The summed E-state index contributed by atoms with van der Waals surface area (Å²) in [5, 5.41) is 2.94. The van der Waals surface area contributed by atoms with E-state index in [0.29, 0.717) is 5.95 Å². The largest absolute Gasteiger partial charge is 0.363 e. The van der Waals surface area contributed by atoms with Gasteiger partial charge in [-0.25, -0.2) is 0 Å². The monoisotopic (exact) mass is 195 g/mol. The minimum Gasteiger partial charge on any atom is -0.363 e. The van der Waals surface area contributed by atoms with Gasteiger partial charge < -0.3 is 15.1 Å². The number of hydrogen-bond acceptors (Lipinski definition) is 5. The van der Waals surface area contributed by atoms with Gasteiger partial charge in [0.05, 0.1) is 0 Å². The van der Waals surface area contributed by atoms with Crippen molar-refractivity contribution >= 4 is 17.6 Å². The van der Waals surface area contributed by atoms with Crippen molar-refractivity contribution in [2.24, 2.45) is 0 Å². The van der Waals surface area contributed by atoms with Gasteiger partial charge in [0.2, 0.25) is 5.95 Å². The molecule has 0 spiro atoms. The van der Waals surface area contributed by atoms with E-state index in [9.17, 15) is 0 Å². The van der Waals surface area contributed by atoms with Crippen LogP contribution in [-0.4, -0.2) is 45.2 Å². The lowest BCUT2D eigenvalue weighted by molar-refractivity contribution is 0.998. The van der Waals surface area contributed by atoms with Crippen molar-refractivity contribution in [3.05, 3.63) is 6.07 Å². The van der Waals surface area contributed by atoms with Crippen LogP contribution in [0, 0.1) is 0 Å². The number of anilines is 3. The molecular weight excluding hydrogens is 178 g/mol. The van der Waals surface area contributed by atoms with Crippen LogP contribution in [0.1, 0.15) is 0 Å². The summed E-state index contributed by atoms with van der Waals surface area (Å²) < 4.78 is 0. The second kappa shape index (κ2) is 4.13. The third-order valence-corrected chi connectivity index (χ3v) is 1.84. The first kappa shape index (κ1) is 10.6. The summed E-state index contributed by atoms with van der Waals surface area (Å²) >= 11 is 0. The minimum atomic E-state index is 0.639. The van der Waals surface area contributed by atoms with Crippen molar-refractivity contribution in [3.8, 4) is 0 Å². The first-order valence-electron chi connectivity index (χ1n) is 4.46. The molecule has 1 N–H and O–H groups in total. The van der Waals surface area contributed by atoms with E-state index in [-0.39, 0.29) is 0 Å². The van der Waals surface area contributed by atoms with Gasteiger partial charge in [0, 0.05) is 41.3 Å². The van der Waals surface area contributed by atoms with Crippen LogP contribution in [0.5, 0.6) is 0 Å². The van der Waals surface area contributed by atoms with Crippen LogP contribution < -0.4 is 15.1 Å². The Morgan fingerprint density at radius 2 is 1.43 bits per heavy atom. The molecule has 5 heteroatoms. The Morgan fingerprint density at radius 3 is 1.71 bits per heavy atom. The van der Waals surface area contributed by atoms with Gasteiger partial charge in [-0.3, -0.25) is 0 Å². The molecular formula is C9H17N5. The SMILES string of the molecule is CNc1nc(N(C)C)cc(N(C)C)n1. The van der Waals surface area contributed by atoms with Crippen molar-refractivity contribution < 1.29 is 0 Å². The van der Waals surface area contributed by atoms with Crippen molar-refractivity contribution in [1.82, 2.24) is 9.97 Å². The average Bonchev–Trinajstić information content (AvgIpc) is 2.16. The first-order valence-corrected chi connectivity index (χ1v) is 4.46. The fraction of sp³-hybridized carbons (Fsp3) is 0.556. The second-order valence-corrected chi connectivity index (χ2v) is 3.45. The predicted octanol–water partition coefficient (Wildman–Crippen LogP) is 0.650. The molecule has 0 aromatic carbocycles. The lowest BCUT2D eigenvalue weighted by atomic mass is 10.4. The lowest BCUT2D eigenvalue weighted by Gasteiger charge is -2.17. The molecule has 0 unspecified atom stereocenters. The Balaban J connectivity index is 3.13. The molecule has 14 heavy (non-hydrogen) atoms. The summed E-state index contributed by atoms with van der Waals surface area (Å²) in [4.78, 5) is 12.5. The third-order valence-electron chi connectivity index (χ3n) is 1.84. The highest BCUT2D eigenvalue weighted by Gasteiger charge is 2.05. The maximum atomic E-state index is 4.31. The molecule has 0 atom stereocenters. The molecule has 0 bridgehead atoms. The van der Waals surface area contributed by atoms with Crippen LogP contribution >= 0.6 is 0 Å². The standard InChI is InChI=1S/C9H17N5/c1-10-9-11-7(13(2)3)6-8(12-9)14(4)5/h6H,1-5H3,(H,10,11,12). The Hall–Kier alpha value is -1.52. The molecule has 1 rings (SSSR count). The fourth-order valence-corrected chi connectivity index (χ4v) is 0.992. The van der Waals surface area contributed by atoms with Gasteiger partial charge in [-0.1, -0.05) is 0 Å². The molecule has 78 valence electrons. The third kappa shape index (κ3) is 2.25. The Kier molecular flexibility index (Phi) is 3.11. The zero-order valence-electron chi connectivity index (χ0n) is 9.37. The minimum absolute atomic E-state index is 0.639. The summed E-state index contributed by atoms with van der Waals surface area (Å²) in [5.41, 5.74) is 0.